The normalized spacial score (nSPS) is 14.2. The molecule has 0 bridgehead atoms. The molecule has 0 radical (unpaired) electrons. The molecule has 5 nitrogen and oxygen atoms in total. The Balaban J connectivity index is 1.63. The number of carbonyl (C=O) groups is 1. The number of benzene rings is 3. The summed E-state index contributed by atoms with van der Waals surface area (Å²) in [6, 6.07) is 19.0. The van der Waals surface area contributed by atoms with Crippen molar-refractivity contribution >= 4 is 16.8 Å². The predicted octanol–water partition coefficient (Wildman–Crippen LogP) is 5.52. The number of nitrogens with zero attached hydrogens (tertiary/aromatic N) is 2. The van der Waals surface area contributed by atoms with E-state index >= 15 is 0 Å². The van der Waals surface area contributed by atoms with Gasteiger partial charge in [0.05, 0.1) is 18.7 Å². The number of hydrogen-bond donors (Lipinski definition) is 1. The molecule has 5 rings (SSSR count). The zero-order valence-electron chi connectivity index (χ0n) is 20.9. The number of fused-ring (bicyclic) bond motifs is 1. The molecule has 1 amide bonds. The van der Waals surface area contributed by atoms with Crippen LogP contribution in [0.25, 0.3) is 33.2 Å². The molecule has 0 unspecified atom stereocenters. The van der Waals surface area contributed by atoms with Gasteiger partial charge in [0.15, 0.2) is 0 Å². The Morgan fingerprint density at radius 1 is 1.03 bits per heavy atom. The van der Waals surface area contributed by atoms with Crippen LogP contribution in [-0.2, 0) is 11.3 Å². The molecule has 36 heavy (non-hydrogen) atoms. The maximum Gasteiger partial charge on any atom is 0.269 e. The summed E-state index contributed by atoms with van der Waals surface area (Å²) in [7, 11) is 1.57. The Bertz CT molecular complexity index is 1430. The highest BCUT2D eigenvalue weighted by Gasteiger charge is 2.20. The fraction of sp³-hybridized carbons (Fsp3) is 0.267. The van der Waals surface area contributed by atoms with Gasteiger partial charge in [-0.25, -0.2) is 9.37 Å². The van der Waals surface area contributed by atoms with Crippen LogP contribution in [0.2, 0.25) is 0 Å². The average molecular weight is 484 g/mol. The van der Waals surface area contributed by atoms with E-state index in [0.717, 1.165) is 60.5 Å². The van der Waals surface area contributed by atoms with Gasteiger partial charge in [0.25, 0.3) is 5.91 Å². The van der Waals surface area contributed by atoms with E-state index in [0.29, 0.717) is 16.6 Å². The van der Waals surface area contributed by atoms with Crippen molar-refractivity contribution in [2.45, 2.75) is 20.4 Å². The number of aromatic nitrogens is 1. The van der Waals surface area contributed by atoms with Gasteiger partial charge in [0.2, 0.25) is 0 Å². The van der Waals surface area contributed by atoms with Crippen LogP contribution in [-0.4, -0.2) is 49.1 Å². The highest BCUT2D eigenvalue weighted by Crippen LogP contribution is 2.39. The summed E-state index contributed by atoms with van der Waals surface area (Å²) in [4.78, 5) is 19.5. The largest absolute Gasteiger partial charge is 0.379 e. The maximum absolute atomic E-state index is 15.0. The van der Waals surface area contributed by atoms with Crippen LogP contribution in [0.5, 0.6) is 0 Å². The second-order valence-corrected chi connectivity index (χ2v) is 9.29. The zero-order chi connectivity index (χ0) is 25.2. The van der Waals surface area contributed by atoms with E-state index in [-0.39, 0.29) is 17.4 Å². The van der Waals surface area contributed by atoms with Crippen LogP contribution < -0.4 is 5.32 Å². The van der Waals surface area contributed by atoms with Crippen LogP contribution in [0.15, 0.2) is 60.7 Å². The fourth-order valence-electron chi connectivity index (χ4n) is 5.14. The minimum absolute atomic E-state index is 0.266. The van der Waals surface area contributed by atoms with Crippen molar-refractivity contribution in [2.24, 2.45) is 0 Å². The van der Waals surface area contributed by atoms with Crippen molar-refractivity contribution in [3.8, 4) is 22.3 Å². The van der Waals surface area contributed by atoms with Crippen molar-refractivity contribution < 1.29 is 13.9 Å². The van der Waals surface area contributed by atoms with E-state index < -0.39 is 0 Å². The number of rotatable bonds is 5. The van der Waals surface area contributed by atoms with Gasteiger partial charge in [-0.3, -0.25) is 9.69 Å². The second-order valence-electron chi connectivity index (χ2n) is 9.29. The highest BCUT2D eigenvalue weighted by atomic mass is 19.1. The summed E-state index contributed by atoms with van der Waals surface area (Å²) >= 11 is 0. The third kappa shape index (κ3) is 4.62. The molecule has 2 heterocycles. The number of aryl methyl sites for hydroxylation is 2. The number of nitrogens with one attached hydrogen (secondary N) is 1. The van der Waals surface area contributed by atoms with Gasteiger partial charge < -0.3 is 10.1 Å². The molecule has 1 aliphatic rings. The van der Waals surface area contributed by atoms with Crippen LogP contribution in [0.4, 0.5) is 4.39 Å². The SMILES string of the molecule is CNC(=O)c1cc(-c2ccccc2F)c2c(C)c(-c3ccc(CN4CCOCC4)cc3)c(C)cc2n1. The number of ether oxygens (including phenoxy) is 1. The molecule has 1 fully saturated rings. The smallest absolute Gasteiger partial charge is 0.269 e. The van der Waals surface area contributed by atoms with Crippen LogP contribution in [0, 0.1) is 19.7 Å². The number of halogens is 1. The third-order valence-electron chi connectivity index (χ3n) is 6.92. The summed E-state index contributed by atoms with van der Waals surface area (Å²) in [5, 5.41) is 3.49. The van der Waals surface area contributed by atoms with Crippen molar-refractivity contribution in [1.82, 2.24) is 15.2 Å². The summed E-state index contributed by atoms with van der Waals surface area (Å²) in [5.74, 6) is -0.633. The second kappa shape index (κ2) is 10.2. The quantitative estimate of drug-likeness (QED) is 0.406. The van der Waals surface area contributed by atoms with Gasteiger partial charge in [-0.2, -0.15) is 0 Å². The lowest BCUT2D eigenvalue weighted by Crippen LogP contribution is -2.35. The molecule has 0 atom stereocenters. The summed E-state index contributed by atoms with van der Waals surface area (Å²) < 4.78 is 20.4. The summed E-state index contributed by atoms with van der Waals surface area (Å²) in [5.41, 5.74) is 7.61. The van der Waals surface area contributed by atoms with E-state index in [1.807, 2.05) is 12.1 Å². The van der Waals surface area contributed by atoms with E-state index in [1.54, 1.807) is 25.2 Å². The lowest BCUT2D eigenvalue weighted by molar-refractivity contribution is 0.0342. The Labute approximate surface area is 210 Å². The first kappa shape index (κ1) is 24.1. The standard InChI is InChI=1S/C30H30FN3O2/c1-19-16-26-29(24(17-27(33-26)30(35)32-3)23-6-4-5-7-25(23)31)20(2)28(19)22-10-8-21(9-11-22)18-34-12-14-36-15-13-34/h4-11,16-17H,12-15,18H2,1-3H3,(H,32,35). The Morgan fingerprint density at radius 2 is 1.75 bits per heavy atom. The number of carbonyl (C=O) groups excluding carboxylic acids is 1. The maximum atomic E-state index is 15.0. The van der Waals surface area contributed by atoms with E-state index in [9.17, 15) is 9.18 Å². The van der Waals surface area contributed by atoms with E-state index in [4.69, 9.17) is 4.74 Å². The molecule has 1 aliphatic heterocycles. The van der Waals surface area contributed by atoms with Crippen molar-refractivity contribution in [1.29, 1.82) is 0 Å². The van der Waals surface area contributed by atoms with Gasteiger partial charge in [0.1, 0.15) is 11.5 Å². The average Bonchev–Trinajstić information content (AvgIpc) is 2.89. The monoisotopic (exact) mass is 483 g/mol. The summed E-state index contributed by atoms with van der Waals surface area (Å²) in [6.45, 7) is 8.49. The van der Waals surface area contributed by atoms with Crippen LogP contribution >= 0.6 is 0 Å². The summed E-state index contributed by atoms with van der Waals surface area (Å²) in [6.07, 6.45) is 0. The first-order chi connectivity index (χ1) is 17.5. The first-order valence-corrected chi connectivity index (χ1v) is 12.3. The third-order valence-corrected chi connectivity index (χ3v) is 6.92. The number of morpholine rings is 1. The molecule has 1 N–H and O–H groups in total. The van der Waals surface area contributed by atoms with Gasteiger partial charge in [-0.05, 0) is 65.4 Å². The Kier molecular flexibility index (Phi) is 6.81. The van der Waals surface area contributed by atoms with Crippen molar-refractivity contribution in [2.75, 3.05) is 33.4 Å². The van der Waals surface area contributed by atoms with Gasteiger partial charge >= 0.3 is 0 Å². The topological polar surface area (TPSA) is 54.5 Å². The van der Waals surface area contributed by atoms with E-state index in [2.05, 4.69) is 53.3 Å². The molecule has 6 heteroatoms. The number of pyridine rings is 1. The van der Waals surface area contributed by atoms with Crippen LogP contribution in [0.1, 0.15) is 27.2 Å². The first-order valence-electron chi connectivity index (χ1n) is 12.3. The molecule has 0 saturated carbocycles. The molecular formula is C30H30FN3O2. The fourth-order valence-corrected chi connectivity index (χ4v) is 5.14. The van der Waals surface area contributed by atoms with Crippen molar-refractivity contribution in [3.05, 3.63) is 88.9 Å². The van der Waals surface area contributed by atoms with E-state index in [1.165, 1.54) is 11.6 Å². The number of amides is 1. The van der Waals surface area contributed by atoms with Crippen LogP contribution in [0.3, 0.4) is 0 Å². The van der Waals surface area contributed by atoms with Gasteiger partial charge in [0, 0.05) is 37.6 Å². The molecule has 4 aromatic rings. The molecule has 184 valence electrons. The highest BCUT2D eigenvalue weighted by molar-refractivity contribution is 6.05. The molecule has 1 aromatic heterocycles. The lowest BCUT2D eigenvalue weighted by atomic mass is 9.88. The number of hydrogen-bond acceptors (Lipinski definition) is 4. The van der Waals surface area contributed by atoms with Gasteiger partial charge in [-0.15, -0.1) is 0 Å². The Hall–Kier alpha value is -3.61. The molecule has 3 aromatic carbocycles. The minimum Gasteiger partial charge on any atom is -0.379 e. The molecular weight excluding hydrogens is 453 g/mol. The molecule has 0 aliphatic carbocycles. The lowest BCUT2D eigenvalue weighted by Gasteiger charge is -2.26. The minimum atomic E-state index is -0.332. The van der Waals surface area contributed by atoms with Crippen molar-refractivity contribution in [3.63, 3.8) is 0 Å². The Morgan fingerprint density at radius 3 is 2.44 bits per heavy atom. The molecule has 1 saturated heterocycles. The molecule has 0 spiro atoms. The predicted molar refractivity (Wildman–Crippen MR) is 142 cm³/mol. The van der Waals surface area contributed by atoms with Gasteiger partial charge in [-0.1, -0.05) is 42.5 Å². The zero-order valence-corrected chi connectivity index (χ0v) is 20.9.